The summed E-state index contributed by atoms with van der Waals surface area (Å²) in [6.45, 7) is 12.6. The normalized spacial score (nSPS) is 12.1. The van der Waals surface area contributed by atoms with Gasteiger partial charge in [-0.15, -0.1) is 0 Å². The number of hydrogen-bond donors (Lipinski definition) is 3. The van der Waals surface area contributed by atoms with Crippen molar-refractivity contribution in [2.24, 2.45) is 17.6 Å². The van der Waals surface area contributed by atoms with Crippen molar-refractivity contribution in [3.63, 3.8) is 0 Å². The lowest BCUT2D eigenvalue weighted by Gasteiger charge is -2.33. The number of nitrogens with zero attached hydrogens (tertiary/aromatic N) is 2. The third-order valence-corrected chi connectivity index (χ3v) is 6.39. The summed E-state index contributed by atoms with van der Waals surface area (Å²) in [7, 11) is 0. The number of anilines is 2. The van der Waals surface area contributed by atoms with Crippen molar-refractivity contribution in [1.29, 1.82) is 0 Å². The lowest BCUT2D eigenvalue weighted by atomic mass is 9.98. The highest BCUT2D eigenvalue weighted by Crippen LogP contribution is 2.32. The number of amides is 3. The Balaban J connectivity index is 2.60. The third-order valence-electron chi connectivity index (χ3n) is 5.54. The van der Waals surface area contributed by atoms with Crippen LogP contribution in [0.1, 0.15) is 71.8 Å². The molecule has 2 aromatic rings. The smallest absolute Gasteiger partial charge is 0.272 e. The van der Waals surface area contributed by atoms with Crippen LogP contribution in [0.4, 0.5) is 11.4 Å². The average Bonchev–Trinajstić information content (AvgIpc) is 3.11. The maximum Gasteiger partial charge on any atom is 0.272 e. The van der Waals surface area contributed by atoms with E-state index >= 15 is 0 Å². The van der Waals surface area contributed by atoms with Crippen LogP contribution in [-0.2, 0) is 4.79 Å². The number of nitrogens with two attached hydrogens (primary N) is 2. The van der Waals surface area contributed by atoms with Crippen LogP contribution in [0.25, 0.3) is 0 Å². The summed E-state index contributed by atoms with van der Waals surface area (Å²) >= 11 is 0.817. The van der Waals surface area contributed by atoms with Crippen molar-refractivity contribution in [2.75, 3.05) is 17.2 Å². The highest BCUT2D eigenvalue weighted by molar-refractivity contribution is 7.09. The summed E-state index contributed by atoms with van der Waals surface area (Å²) < 4.78 is 3.98. The van der Waals surface area contributed by atoms with E-state index in [2.05, 4.69) is 23.5 Å². The number of rotatable bonds is 10. The van der Waals surface area contributed by atoms with Crippen molar-refractivity contribution in [3.8, 4) is 0 Å². The summed E-state index contributed by atoms with van der Waals surface area (Å²) in [5.41, 5.74) is 13.7. The highest BCUT2D eigenvalue weighted by atomic mass is 32.1. The Morgan fingerprint density at radius 1 is 1.12 bits per heavy atom. The minimum absolute atomic E-state index is 0.0590. The van der Waals surface area contributed by atoms with Gasteiger partial charge in [0.2, 0.25) is 5.91 Å². The van der Waals surface area contributed by atoms with Crippen LogP contribution in [0.3, 0.4) is 0 Å². The van der Waals surface area contributed by atoms with Crippen LogP contribution in [0.2, 0.25) is 0 Å². The molecule has 33 heavy (non-hydrogen) atoms. The Bertz CT molecular complexity index is 1020. The molecule has 0 radical (unpaired) electrons. The van der Waals surface area contributed by atoms with Crippen LogP contribution >= 0.6 is 11.5 Å². The van der Waals surface area contributed by atoms with Crippen molar-refractivity contribution < 1.29 is 14.4 Å². The zero-order valence-corrected chi connectivity index (χ0v) is 21.1. The average molecular weight is 474 g/mol. The van der Waals surface area contributed by atoms with Crippen LogP contribution in [0, 0.1) is 25.7 Å². The molecule has 0 aliphatic rings. The summed E-state index contributed by atoms with van der Waals surface area (Å²) in [6, 6.07) is 4.87. The van der Waals surface area contributed by atoms with Gasteiger partial charge in [0.15, 0.2) is 5.69 Å². The van der Waals surface area contributed by atoms with Gasteiger partial charge in [0.1, 0.15) is 10.9 Å². The summed E-state index contributed by atoms with van der Waals surface area (Å²) in [5, 5.41) is 3.00. The van der Waals surface area contributed by atoms with Crippen molar-refractivity contribution in [2.45, 2.75) is 60.4 Å². The number of carbonyl (C=O) groups is 3. The Labute approximate surface area is 199 Å². The van der Waals surface area contributed by atoms with Crippen molar-refractivity contribution >= 4 is 40.6 Å². The molecule has 1 heterocycles. The lowest BCUT2D eigenvalue weighted by molar-refractivity contribution is -0.122. The molecule has 3 amide bonds. The predicted molar refractivity (Wildman–Crippen MR) is 133 cm³/mol. The Kier molecular flexibility index (Phi) is 8.99. The van der Waals surface area contributed by atoms with Gasteiger partial charge in [0.05, 0.1) is 5.69 Å². The molecule has 1 aromatic heterocycles. The van der Waals surface area contributed by atoms with E-state index in [-0.39, 0.29) is 28.1 Å². The largest absolute Gasteiger partial charge is 0.395 e. The van der Waals surface area contributed by atoms with E-state index in [1.54, 1.807) is 0 Å². The van der Waals surface area contributed by atoms with Crippen LogP contribution < -0.4 is 21.7 Å². The van der Waals surface area contributed by atoms with Gasteiger partial charge in [-0.05, 0) is 67.3 Å². The van der Waals surface area contributed by atoms with E-state index in [1.165, 1.54) is 4.90 Å². The van der Waals surface area contributed by atoms with Gasteiger partial charge < -0.3 is 16.8 Å². The number of nitrogen functional groups attached to an aromatic ring is 1. The quantitative estimate of drug-likeness (QED) is 0.484. The Morgan fingerprint density at radius 2 is 1.79 bits per heavy atom. The van der Waals surface area contributed by atoms with E-state index < -0.39 is 17.9 Å². The number of primary amides is 1. The Morgan fingerprint density at radius 3 is 2.33 bits per heavy atom. The molecule has 8 nitrogen and oxygen atoms in total. The molecule has 1 aromatic carbocycles. The second-order valence-electron chi connectivity index (χ2n) is 9.15. The van der Waals surface area contributed by atoms with Gasteiger partial charge in [-0.2, -0.15) is 4.37 Å². The molecule has 2 rings (SSSR count). The molecule has 0 saturated carbocycles. The maximum absolute atomic E-state index is 13.9. The molecule has 0 saturated heterocycles. The number of nitrogens with one attached hydrogen (secondary N) is 1. The molecule has 9 heteroatoms. The molecule has 0 unspecified atom stereocenters. The second kappa shape index (κ2) is 11.3. The van der Waals surface area contributed by atoms with Gasteiger partial charge in [0, 0.05) is 12.2 Å². The molecule has 1 atom stereocenters. The second-order valence-corrected chi connectivity index (χ2v) is 9.92. The van der Waals surface area contributed by atoms with E-state index in [0.717, 1.165) is 29.1 Å². The molecule has 0 aliphatic heterocycles. The molecule has 180 valence electrons. The zero-order valence-electron chi connectivity index (χ0n) is 20.3. The number of benzene rings is 1. The first-order valence-corrected chi connectivity index (χ1v) is 11.9. The zero-order chi connectivity index (χ0) is 24.9. The Hall–Kier alpha value is -2.94. The van der Waals surface area contributed by atoms with Crippen LogP contribution in [0.15, 0.2) is 18.2 Å². The fourth-order valence-corrected chi connectivity index (χ4v) is 4.27. The SMILES string of the molecule is Cc1cccc(N(C(=O)c2snc(C(N)=O)c2N)[C@H](CC(C)C)C(=O)NCCC(C)C)c1C. The lowest BCUT2D eigenvalue weighted by Crippen LogP contribution is -2.51. The van der Waals surface area contributed by atoms with Crippen LogP contribution in [0.5, 0.6) is 0 Å². The van der Waals surface area contributed by atoms with Gasteiger partial charge in [-0.1, -0.05) is 39.8 Å². The number of aryl methyl sites for hydroxylation is 1. The first-order chi connectivity index (χ1) is 15.5. The molecular formula is C24H35N5O3S. The summed E-state index contributed by atoms with van der Waals surface area (Å²) in [4.78, 5) is 40.5. The summed E-state index contributed by atoms with van der Waals surface area (Å²) in [5.74, 6) is -0.917. The monoisotopic (exact) mass is 473 g/mol. The molecule has 0 bridgehead atoms. The number of hydrogen-bond acceptors (Lipinski definition) is 6. The number of aromatic nitrogens is 1. The minimum Gasteiger partial charge on any atom is -0.395 e. The van der Waals surface area contributed by atoms with E-state index in [1.807, 2.05) is 45.9 Å². The number of carbonyl (C=O) groups excluding carboxylic acids is 3. The first-order valence-electron chi connectivity index (χ1n) is 11.2. The van der Waals surface area contributed by atoms with Gasteiger partial charge in [0.25, 0.3) is 11.8 Å². The van der Waals surface area contributed by atoms with Crippen molar-refractivity contribution in [1.82, 2.24) is 9.69 Å². The van der Waals surface area contributed by atoms with Gasteiger partial charge in [-0.25, -0.2) is 0 Å². The fourth-order valence-electron chi connectivity index (χ4n) is 3.53. The van der Waals surface area contributed by atoms with Gasteiger partial charge in [-0.3, -0.25) is 19.3 Å². The van der Waals surface area contributed by atoms with E-state index in [4.69, 9.17) is 11.5 Å². The molecule has 0 spiro atoms. The minimum atomic E-state index is -0.800. The molecule has 0 aliphatic carbocycles. The fraction of sp³-hybridized carbons (Fsp3) is 0.500. The van der Waals surface area contributed by atoms with Gasteiger partial charge >= 0.3 is 0 Å². The topological polar surface area (TPSA) is 131 Å². The molecule has 0 fully saturated rings. The maximum atomic E-state index is 13.9. The summed E-state index contributed by atoms with van der Waals surface area (Å²) in [6.07, 6.45) is 1.29. The highest BCUT2D eigenvalue weighted by Gasteiger charge is 2.36. The third kappa shape index (κ3) is 6.31. The standard InChI is InChI=1S/C24H35N5O3S/c1-13(2)10-11-27-23(31)18(12-14(3)4)29(17-9-7-8-15(5)16(17)6)24(32)21-19(25)20(22(26)30)28-33-21/h7-9,13-14,18H,10-12,25H2,1-6H3,(H2,26,30)(H,27,31)/t18-/m1/s1. The van der Waals surface area contributed by atoms with E-state index in [9.17, 15) is 14.4 Å². The van der Waals surface area contributed by atoms with E-state index in [0.29, 0.717) is 24.6 Å². The predicted octanol–water partition coefficient (Wildman–Crippen LogP) is 3.66. The first kappa shape index (κ1) is 26.3. The van der Waals surface area contributed by atoms with Crippen LogP contribution in [-0.4, -0.2) is 34.7 Å². The molecular weight excluding hydrogens is 438 g/mol. The van der Waals surface area contributed by atoms with Crippen molar-refractivity contribution in [3.05, 3.63) is 39.9 Å². The molecule has 5 N–H and O–H groups in total.